The molecule has 0 radical (unpaired) electrons. The lowest BCUT2D eigenvalue weighted by molar-refractivity contribution is 0.617. The van der Waals surface area contributed by atoms with E-state index < -0.39 is 0 Å². The Morgan fingerprint density at radius 1 is 1.40 bits per heavy atom. The molecule has 0 aromatic heterocycles. The summed E-state index contributed by atoms with van der Waals surface area (Å²) in [6.07, 6.45) is 7.86. The van der Waals surface area contributed by atoms with Crippen LogP contribution < -0.4 is 5.32 Å². The molecule has 1 aromatic rings. The summed E-state index contributed by atoms with van der Waals surface area (Å²) in [5.41, 5.74) is 1.56. The van der Waals surface area contributed by atoms with E-state index in [9.17, 15) is 4.39 Å². The van der Waals surface area contributed by atoms with E-state index in [0.717, 1.165) is 12.1 Å². The van der Waals surface area contributed by atoms with Crippen LogP contribution in [-0.4, -0.2) is 6.04 Å². The van der Waals surface area contributed by atoms with E-state index in [2.05, 4.69) is 17.5 Å². The first-order valence-electron chi connectivity index (χ1n) is 5.45. The first kappa shape index (κ1) is 10.2. The number of nitrogens with one attached hydrogen (secondary N) is 1. The van der Waals surface area contributed by atoms with Gasteiger partial charge in [0.2, 0.25) is 0 Å². The molecule has 1 atom stereocenters. The summed E-state index contributed by atoms with van der Waals surface area (Å²) in [5, 5.41) is 3.32. The van der Waals surface area contributed by atoms with Gasteiger partial charge < -0.3 is 5.32 Å². The van der Waals surface area contributed by atoms with Gasteiger partial charge in [0.1, 0.15) is 5.82 Å². The van der Waals surface area contributed by atoms with Gasteiger partial charge in [-0.3, -0.25) is 0 Å². The summed E-state index contributed by atoms with van der Waals surface area (Å²) in [6.45, 7) is 1.78. The van der Waals surface area contributed by atoms with E-state index in [1.807, 2.05) is 12.1 Å². The zero-order valence-corrected chi connectivity index (χ0v) is 8.96. The summed E-state index contributed by atoms with van der Waals surface area (Å²) >= 11 is 0. The van der Waals surface area contributed by atoms with Gasteiger partial charge in [0, 0.05) is 11.7 Å². The van der Waals surface area contributed by atoms with Crippen LogP contribution in [0.4, 0.5) is 10.1 Å². The van der Waals surface area contributed by atoms with Crippen molar-refractivity contribution in [3.05, 3.63) is 41.7 Å². The Balaban J connectivity index is 2.07. The highest BCUT2D eigenvalue weighted by molar-refractivity contribution is 5.46. The normalized spacial score (nSPS) is 20.3. The highest BCUT2D eigenvalue weighted by Crippen LogP contribution is 2.18. The molecule has 1 aliphatic rings. The maximum Gasteiger partial charge on any atom is 0.128 e. The van der Waals surface area contributed by atoms with Crippen LogP contribution in [0.2, 0.25) is 0 Å². The molecule has 2 heteroatoms. The molecule has 80 valence electrons. The molecule has 0 spiro atoms. The molecule has 0 fully saturated rings. The van der Waals surface area contributed by atoms with Crippen molar-refractivity contribution in [3.63, 3.8) is 0 Å². The van der Waals surface area contributed by atoms with Gasteiger partial charge in [0.15, 0.2) is 0 Å². The molecule has 0 amide bonds. The molecule has 0 saturated carbocycles. The van der Waals surface area contributed by atoms with Crippen LogP contribution >= 0.6 is 0 Å². The van der Waals surface area contributed by atoms with Crippen molar-refractivity contribution < 1.29 is 4.39 Å². The van der Waals surface area contributed by atoms with Crippen LogP contribution in [0, 0.1) is 12.7 Å². The van der Waals surface area contributed by atoms with Crippen molar-refractivity contribution in [2.45, 2.75) is 32.2 Å². The fourth-order valence-corrected chi connectivity index (χ4v) is 1.83. The minimum Gasteiger partial charge on any atom is -0.379 e. The highest BCUT2D eigenvalue weighted by Gasteiger charge is 2.08. The number of halogens is 1. The topological polar surface area (TPSA) is 12.0 Å². The molecule has 1 nitrogen and oxygen atoms in total. The molecular formula is C13H16FN. The van der Waals surface area contributed by atoms with Crippen LogP contribution in [0.1, 0.15) is 24.8 Å². The monoisotopic (exact) mass is 205 g/mol. The second kappa shape index (κ2) is 4.47. The van der Waals surface area contributed by atoms with Gasteiger partial charge in [-0.15, -0.1) is 0 Å². The van der Waals surface area contributed by atoms with Crippen LogP contribution in [0.15, 0.2) is 30.4 Å². The molecule has 1 aromatic carbocycles. The Kier molecular flexibility index (Phi) is 3.05. The summed E-state index contributed by atoms with van der Waals surface area (Å²) in [4.78, 5) is 0. The Hall–Kier alpha value is -1.31. The van der Waals surface area contributed by atoms with Crippen LogP contribution in [0.5, 0.6) is 0 Å². The molecule has 0 bridgehead atoms. The maximum absolute atomic E-state index is 13.3. The van der Waals surface area contributed by atoms with Gasteiger partial charge in [0.25, 0.3) is 0 Å². The summed E-state index contributed by atoms with van der Waals surface area (Å²) < 4.78 is 13.3. The van der Waals surface area contributed by atoms with E-state index in [1.165, 1.54) is 12.8 Å². The van der Waals surface area contributed by atoms with E-state index in [4.69, 9.17) is 0 Å². The lowest BCUT2D eigenvalue weighted by atomic mass is 10.0. The third-order valence-corrected chi connectivity index (χ3v) is 2.78. The molecule has 0 heterocycles. The summed E-state index contributed by atoms with van der Waals surface area (Å²) in [6, 6.07) is 5.67. The predicted molar refractivity (Wildman–Crippen MR) is 61.5 cm³/mol. The van der Waals surface area contributed by atoms with Crippen molar-refractivity contribution in [2.24, 2.45) is 0 Å². The standard InChI is InChI=1S/C13H16FN/c1-10-7-8-12(9-13(10)14)15-11-5-3-2-4-6-11/h3,5,7-9,11,15H,2,4,6H2,1H3. The van der Waals surface area contributed by atoms with Crippen LogP contribution in [0.25, 0.3) is 0 Å². The smallest absolute Gasteiger partial charge is 0.128 e. The van der Waals surface area contributed by atoms with Crippen LogP contribution in [-0.2, 0) is 0 Å². The number of benzene rings is 1. The molecule has 1 aliphatic carbocycles. The molecule has 1 unspecified atom stereocenters. The Labute approximate surface area is 90.0 Å². The molecule has 1 N–H and O–H groups in total. The van der Waals surface area contributed by atoms with E-state index in [-0.39, 0.29) is 5.82 Å². The van der Waals surface area contributed by atoms with Crippen molar-refractivity contribution in [2.75, 3.05) is 5.32 Å². The maximum atomic E-state index is 13.3. The predicted octanol–water partition coefficient (Wildman–Crippen LogP) is 3.65. The van der Waals surface area contributed by atoms with Gasteiger partial charge >= 0.3 is 0 Å². The SMILES string of the molecule is Cc1ccc(NC2C=CCCC2)cc1F. The average Bonchev–Trinajstić information content (AvgIpc) is 2.25. The number of hydrogen-bond acceptors (Lipinski definition) is 1. The molecule has 0 saturated heterocycles. The molecule has 2 rings (SSSR count). The zero-order chi connectivity index (χ0) is 10.7. The third-order valence-electron chi connectivity index (χ3n) is 2.78. The van der Waals surface area contributed by atoms with Crippen molar-refractivity contribution >= 4 is 5.69 Å². The molecule has 0 aliphatic heterocycles. The van der Waals surface area contributed by atoms with Gasteiger partial charge in [-0.2, -0.15) is 0 Å². The van der Waals surface area contributed by atoms with Crippen molar-refractivity contribution in [1.82, 2.24) is 0 Å². The second-order valence-electron chi connectivity index (χ2n) is 4.07. The number of anilines is 1. The number of aryl methyl sites for hydroxylation is 1. The number of allylic oxidation sites excluding steroid dienone is 1. The quantitative estimate of drug-likeness (QED) is 0.726. The highest BCUT2D eigenvalue weighted by atomic mass is 19.1. The second-order valence-corrected chi connectivity index (χ2v) is 4.07. The fourth-order valence-electron chi connectivity index (χ4n) is 1.83. The molecular weight excluding hydrogens is 189 g/mol. The average molecular weight is 205 g/mol. The first-order chi connectivity index (χ1) is 7.25. The minimum absolute atomic E-state index is 0.139. The number of hydrogen-bond donors (Lipinski definition) is 1. The van der Waals surface area contributed by atoms with Gasteiger partial charge in [0.05, 0.1) is 0 Å². The number of rotatable bonds is 2. The van der Waals surface area contributed by atoms with E-state index in [1.54, 1.807) is 13.0 Å². The van der Waals surface area contributed by atoms with E-state index >= 15 is 0 Å². The Morgan fingerprint density at radius 3 is 2.93 bits per heavy atom. The van der Waals surface area contributed by atoms with E-state index in [0.29, 0.717) is 11.6 Å². The van der Waals surface area contributed by atoms with Crippen molar-refractivity contribution in [1.29, 1.82) is 0 Å². The van der Waals surface area contributed by atoms with Gasteiger partial charge in [-0.1, -0.05) is 18.2 Å². The van der Waals surface area contributed by atoms with Crippen LogP contribution in [0.3, 0.4) is 0 Å². The first-order valence-corrected chi connectivity index (χ1v) is 5.45. The lowest BCUT2D eigenvalue weighted by Gasteiger charge is -2.19. The fraction of sp³-hybridized carbons (Fsp3) is 0.385. The summed E-state index contributed by atoms with van der Waals surface area (Å²) in [7, 11) is 0. The van der Waals surface area contributed by atoms with Crippen molar-refractivity contribution in [3.8, 4) is 0 Å². The molecule has 15 heavy (non-hydrogen) atoms. The third kappa shape index (κ3) is 2.58. The van der Waals surface area contributed by atoms with Gasteiger partial charge in [-0.05, 0) is 43.9 Å². The lowest BCUT2D eigenvalue weighted by Crippen LogP contribution is -2.18. The summed E-state index contributed by atoms with van der Waals surface area (Å²) in [5.74, 6) is -0.139. The zero-order valence-electron chi connectivity index (χ0n) is 8.96. The Bertz CT molecular complexity index is 371. The van der Waals surface area contributed by atoms with Gasteiger partial charge in [-0.25, -0.2) is 4.39 Å². The minimum atomic E-state index is -0.139. The largest absolute Gasteiger partial charge is 0.379 e. The Morgan fingerprint density at radius 2 is 2.27 bits per heavy atom.